The fourth-order valence-electron chi connectivity index (χ4n) is 2.64. The molecule has 0 radical (unpaired) electrons. The van der Waals surface area contributed by atoms with Gasteiger partial charge in [-0.3, -0.25) is 4.90 Å². The topological polar surface area (TPSA) is 35.9 Å². The summed E-state index contributed by atoms with van der Waals surface area (Å²) in [5.74, 6) is 0.363. The number of aliphatic hydroxyl groups excluding tert-OH is 1. The summed E-state index contributed by atoms with van der Waals surface area (Å²) in [6, 6.07) is 10.4. The maximum absolute atomic E-state index is 10.1. The van der Waals surface area contributed by atoms with Crippen molar-refractivity contribution in [1.29, 1.82) is 0 Å². The Morgan fingerprint density at radius 1 is 1.10 bits per heavy atom. The number of likely N-dealkylation sites (N-methyl/N-ethyl adjacent to an activating group) is 1. The van der Waals surface area contributed by atoms with Crippen LogP contribution in [0.2, 0.25) is 0 Å². The van der Waals surface area contributed by atoms with E-state index in [0.29, 0.717) is 25.7 Å². The molecule has 1 aliphatic rings. The predicted octanol–water partition coefficient (Wildman–Crippen LogP) is 1.42. The van der Waals surface area contributed by atoms with E-state index < -0.39 is 6.10 Å². The lowest BCUT2D eigenvalue weighted by atomic mass is 10.0. The molecule has 1 N–H and O–H groups in total. The molecule has 1 heterocycles. The van der Waals surface area contributed by atoms with Crippen LogP contribution in [-0.4, -0.2) is 74.0 Å². The van der Waals surface area contributed by atoms with Crippen LogP contribution in [0.5, 0.6) is 0 Å². The second-order valence-corrected chi connectivity index (χ2v) is 6.11. The minimum Gasteiger partial charge on any atom is -0.389 e. The monoisotopic (exact) mass is 292 g/mol. The lowest BCUT2D eigenvalue weighted by Gasteiger charge is -2.33. The number of hydrogen-bond acceptors (Lipinski definition) is 4. The summed E-state index contributed by atoms with van der Waals surface area (Å²) in [4.78, 5) is 4.63. The molecular weight excluding hydrogens is 264 g/mol. The van der Waals surface area contributed by atoms with Crippen molar-refractivity contribution in [2.45, 2.75) is 18.9 Å². The van der Waals surface area contributed by atoms with Crippen molar-refractivity contribution in [3.63, 3.8) is 0 Å². The van der Waals surface area contributed by atoms with Crippen molar-refractivity contribution < 1.29 is 9.84 Å². The van der Waals surface area contributed by atoms with Gasteiger partial charge in [-0.15, -0.1) is 0 Å². The molecule has 1 saturated heterocycles. The third-order valence-corrected chi connectivity index (χ3v) is 4.11. The van der Waals surface area contributed by atoms with E-state index in [1.807, 2.05) is 18.2 Å². The Bertz CT molecular complexity index is 391. The zero-order valence-electron chi connectivity index (χ0n) is 13.2. The first-order chi connectivity index (χ1) is 10.1. The molecule has 1 aromatic rings. The molecule has 4 heteroatoms. The molecule has 0 amide bonds. The molecule has 0 aromatic heterocycles. The van der Waals surface area contributed by atoms with Crippen LogP contribution in [0.1, 0.15) is 18.4 Å². The summed E-state index contributed by atoms with van der Waals surface area (Å²) in [6.07, 6.45) is -0.392. The van der Waals surface area contributed by atoms with E-state index in [1.165, 1.54) is 5.56 Å². The number of piperazine rings is 1. The number of ether oxygens (including phenoxy) is 1. The van der Waals surface area contributed by atoms with Gasteiger partial charge in [-0.2, -0.15) is 0 Å². The summed E-state index contributed by atoms with van der Waals surface area (Å²) >= 11 is 0. The van der Waals surface area contributed by atoms with Crippen LogP contribution in [0.4, 0.5) is 0 Å². The summed E-state index contributed by atoms with van der Waals surface area (Å²) < 4.78 is 5.69. The van der Waals surface area contributed by atoms with Gasteiger partial charge in [0.1, 0.15) is 0 Å². The van der Waals surface area contributed by atoms with Crippen LogP contribution in [0.15, 0.2) is 30.3 Å². The number of rotatable bonds is 7. The highest BCUT2D eigenvalue weighted by Gasteiger charge is 2.17. The third kappa shape index (κ3) is 5.75. The summed E-state index contributed by atoms with van der Waals surface area (Å²) in [5, 5.41) is 10.1. The fourth-order valence-corrected chi connectivity index (χ4v) is 2.64. The third-order valence-electron chi connectivity index (χ3n) is 4.11. The summed E-state index contributed by atoms with van der Waals surface area (Å²) in [7, 11) is 2.14. The van der Waals surface area contributed by atoms with Gasteiger partial charge >= 0.3 is 0 Å². The minimum atomic E-state index is -0.392. The molecule has 1 aromatic carbocycles. The van der Waals surface area contributed by atoms with E-state index in [-0.39, 0.29) is 0 Å². The zero-order valence-corrected chi connectivity index (χ0v) is 13.2. The van der Waals surface area contributed by atoms with Gasteiger partial charge in [0.15, 0.2) is 0 Å². The van der Waals surface area contributed by atoms with Crippen LogP contribution in [-0.2, 0) is 4.74 Å². The zero-order chi connectivity index (χ0) is 15.1. The number of benzene rings is 1. The number of aliphatic hydroxyl groups is 1. The summed E-state index contributed by atoms with van der Waals surface area (Å²) in [5.41, 5.74) is 1.28. The van der Waals surface area contributed by atoms with Crippen molar-refractivity contribution in [3.8, 4) is 0 Å². The van der Waals surface area contributed by atoms with Gasteiger partial charge in [0.25, 0.3) is 0 Å². The SMILES string of the molecule is C[C@H](COC[C@@H](O)CN1CCN(C)CC1)c1ccccc1. The van der Waals surface area contributed by atoms with Gasteiger partial charge in [0.05, 0.1) is 19.3 Å². The van der Waals surface area contributed by atoms with Gasteiger partial charge in [-0.25, -0.2) is 0 Å². The largest absolute Gasteiger partial charge is 0.389 e. The van der Waals surface area contributed by atoms with E-state index in [9.17, 15) is 5.11 Å². The van der Waals surface area contributed by atoms with Gasteiger partial charge < -0.3 is 14.7 Å². The van der Waals surface area contributed by atoms with Crippen molar-refractivity contribution in [2.24, 2.45) is 0 Å². The minimum absolute atomic E-state index is 0.363. The molecule has 21 heavy (non-hydrogen) atoms. The number of hydrogen-bond donors (Lipinski definition) is 1. The lowest BCUT2D eigenvalue weighted by molar-refractivity contribution is 0.00584. The molecule has 1 fully saturated rings. The van der Waals surface area contributed by atoms with Gasteiger partial charge in [0.2, 0.25) is 0 Å². The Morgan fingerprint density at radius 3 is 2.43 bits per heavy atom. The molecule has 0 aliphatic carbocycles. The van der Waals surface area contributed by atoms with E-state index in [1.54, 1.807) is 0 Å². The molecule has 0 bridgehead atoms. The Morgan fingerprint density at radius 2 is 1.76 bits per heavy atom. The average Bonchev–Trinajstić information content (AvgIpc) is 2.50. The summed E-state index contributed by atoms with van der Waals surface area (Å²) in [6.45, 7) is 8.18. The van der Waals surface area contributed by atoms with Gasteiger partial charge in [-0.05, 0) is 12.6 Å². The predicted molar refractivity (Wildman–Crippen MR) is 85.6 cm³/mol. The van der Waals surface area contributed by atoms with Crippen molar-refractivity contribution in [3.05, 3.63) is 35.9 Å². The van der Waals surface area contributed by atoms with E-state index in [4.69, 9.17) is 4.74 Å². The van der Waals surface area contributed by atoms with E-state index in [0.717, 1.165) is 26.2 Å². The van der Waals surface area contributed by atoms with Crippen LogP contribution < -0.4 is 0 Å². The van der Waals surface area contributed by atoms with Crippen molar-refractivity contribution in [1.82, 2.24) is 9.80 Å². The highest BCUT2D eigenvalue weighted by Crippen LogP contribution is 2.14. The van der Waals surface area contributed by atoms with Crippen LogP contribution in [0.25, 0.3) is 0 Å². The fraction of sp³-hybridized carbons (Fsp3) is 0.647. The van der Waals surface area contributed by atoms with Crippen molar-refractivity contribution >= 4 is 0 Å². The Labute approximate surface area is 128 Å². The first-order valence-corrected chi connectivity index (χ1v) is 7.87. The number of nitrogens with zero attached hydrogens (tertiary/aromatic N) is 2. The first kappa shape index (κ1) is 16.4. The van der Waals surface area contributed by atoms with Crippen molar-refractivity contribution in [2.75, 3.05) is 53.0 Å². The first-order valence-electron chi connectivity index (χ1n) is 7.87. The second-order valence-electron chi connectivity index (χ2n) is 6.11. The maximum Gasteiger partial charge on any atom is 0.0900 e. The quantitative estimate of drug-likeness (QED) is 0.824. The molecule has 118 valence electrons. The molecular formula is C17H28N2O2. The molecule has 4 nitrogen and oxygen atoms in total. The Kier molecular flexibility index (Phi) is 6.64. The molecule has 2 rings (SSSR count). The lowest BCUT2D eigenvalue weighted by Crippen LogP contribution is -2.47. The Hall–Kier alpha value is -0.940. The molecule has 0 saturated carbocycles. The van der Waals surface area contributed by atoms with Gasteiger partial charge in [-0.1, -0.05) is 37.3 Å². The van der Waals surface area contributed by atoms with E-state index in [2.05, 4.69) is 35.9 Å². The molecule has 0 spiro atoms. The Balaban J connectivity index is 1.62. The maximum atomic E-state index is 10.1. The van der Waals surface area contributed by atoms with Crippen LogP contribution in [0.3, 0.4) is 0 Å². The number of β-amino-alcohol motifs (C(OH)–C–C–N with tert-alkyl or cyclic N) is 1. The highest BCUT2D eigenvalue weighted by molar-refractivity contribution is 5.18. The second kappa shape index (κ2) is 8.49. The van der Waals surface area contributed by atoms with Crippen LogP contribution in [0, 0.1) is 0 Å². The average molecular weight is 292 g/mol. The van der Waals surface area contributed by atoms with Crippen LogP contribution >= 0.6 is 0 Å². The van der Waals surface area contributed by atoms with E-state index >= 15 is 0 Å². The van der Waals surface area contributed by atoms with Gasteiger partial charge in [0, 0.05) is 38.6 Å². The smallest absolute Gasteiger partial charge is 0.0900 e. The normalized spacial score (nSPS) is 20.3. The standard InChI is InChI=1S/C17H28N2O2/c1-15(16-6-4-3-5-7-16)13-21-14-17(20)12-19-10-8-18(2)9-11-19/h3-7,15,17,20H,8-14H2,1-2H3/t15-,17+/m1/s1. The molecule has 2 atom stereocenters. The molecule has 0 unspecified atom stereocenters. The molecule has 1 aliphatic heterocycles. The highest BCUT2D eigenvalue weighted by atomic mass is 16.5.